The molecule has 1 rings (SSSR count). The summed E-state index contributed by atoms with van der Waals surface area (Å²) in [6.07, 6.45) is -0.639. The largest absolute Gasteiger partial charge is 0.391 e. The molecule has 0 saturated carbocycles. The predicted octanol–water partition coefficient (Wildman–Crippen LogP) is 0.924. The second kappa shape index (κ2) is 7.66. The van der Waals surface area contributed by atoms with Crippen molar-refractivity contribution in [1.82, 2.24) is 4.72 Å². The van der Waals surface area contributed by atoms with Gasteiger partial charge in [0.2, 0.25) is 10.0 Å². The monoisotopic (exact) mass is 338 g/mol. The van der Waals surface area contributed by atoms with Gasteiger partial charge < -0.3 is 9.84 Å². The Morgan fingerprint density at radius 2 is 2.19 bits per heavy atom. The molecular weight excluding hydrogens is 324 g/mol. The molecule has 0 radical (unpaired) electrons. The Balaban J connectivity index is 2.79. The minimum absolute atomic E-state index is 0.0245. The molecule has 0 aliphatic rings. The number of nitrogens with one attached hydrogen (secondary N) is 1. The second-order valence-electron chi connectivity index (χ2n) is 4.17. The van der Waals surface area contributed by atoms with Crippen molar-refractivity contribution in [1.29, 1.82) is 0 Å². The number of halogens is 1. The molecule has 0 fully saturated rings. The third-order valence-corrected chi connectivity index (χ3v) is 4.33. The third kappa shape index (κ3) is 5.21. The molecule has 10 heteroatoms. The summed E-state index contributed by atoms with van der Waals surface area (Å²) in [4.78, 5) is 9.71. The van der Waals surface area contributed by atoms with Gasteiger partial charge in [0.25, 0.3) is 5.69 Å². The fourth-order valence-electron chi connectivity index (χ4n) is 1.52. The minimum atomic E-state index is -3.91. The summed E-state index contributed by atoms with van der Waals surface area (Å²) in [5.41, 5.74) is -0.487. The highest BCUT2D eigenvalue weighted by molar-refractivity contribution is 7.89. The molecule has 0 aromatic heterocycles. The van der Waals surface area contributed by atoms with Crippen molar-refractivity contribution in [3.8, 4) is 0 Å². The summed E-state index contributed by atoms with van der Waals surface area (Å²) in [5, 5.41) is 20.0. The van der Waals surface area contributed by atoms with E-state index in [9.17, 15) is 23.6 Å². The van der Waals surface area contributed by atoms with Crippen LogP contribution in [-0.4, -0.2) is 44.8 Å². The van der Waals surface area contributed by atoms with Crippen molar-refractivity contribution in [2.45, 2.75) is 17.4 Å². The maximum atomic E-state index is 12.0. The van der Waals surface area contributed by atoms with E-state index in [1.54, 1.807) is 0 Å². The number of hydrogen-bond acceptors (Lipinski definition) is 6. The smallest absolute Gasteiger partial charge is 0.289 e. The number of nitro benzene ring substituents is 1. The van der Waals surface area contributed by atoms with E-state index in [1.807, 2.05) is 0 Å². The zero-order chi connectivity index (χ0) is 16.0. The molecule has 0 saturated heterocycles. The number of sulfonamides is 1. The van der Waals surface area contributed by atoms with Crippen LogP contribution in [0.4, 0.5) is 5.69 Å². The van der Waals surface area contributed by atoms with Crippen LogP contribution in [0.25, 0.3) is 0 Å². The second-order valence-corrected chi connectivity index (χ2v) is 6.34. The molecule has 118 valence electrons. The first-order valence-corrected chi connectivity index (χ1v) is 7.74. The van der Waals surface area contributed by atoms with Gasteiger partial charge >= 0.3 is 0 Å². The highest BCUT2D eigenvalue weighted by Crippen LogP contribution is 2.26. The fraction of sp³-hybridized carbons (Fsp3) is 0.455. The van der Waals surface area contributed by atoms with Gasteiger partial charge in [0.05, 0.1) is 22.5 Å². The lowest BCUT2D eigenvalue weighted by Crippen LogP contribution is -2.28. The summed E-state index contributed by atoms with van der Waals surface area (Å²) < 4.78 is 30.9. The van der Waals surface area contributed by atoms with Crippen molar-refractivity contribution in [2.75, 3.05) is 20.3 Å². The van der Waals surface area contributed by atoms with Crippen LogP contribution in [0.2, 0.25) is 5.02 Å². The van der Waals surface area contributed by atoms with Gasteiger partial charge in [0.1, 0.15) is 5.02 Å². The van der Waals surface area contributed by atoms with Gasteiger partial charge in [-0.2, -0.15) is 0 Å². The quantitative estimate of drug-likeness (QED) is 0.537. The van der Waals surface area contributed by atoms with Gasteiger partial charge in [0, 0.05) is 19.7 Å². The molecule has 1 aromatic carbocycles. The van der Waals surface area contributed by atoms with E-state index in [1.165, 1.54) is 13.2 Å². The number of aliphatic hydroxyl groups is 1. The Hall–Kier alpha value is -1.26. The van der Waals surface area contributed by atoms with Gasteiger partial charge in [-0.1, -0.05) is 11.6 Å². The normalized spacial score (nSPS) is 13.1. The van der Waals surface area contributed by atoms with Crippen molar-refractivity contribution < 1.29 is 23.2 Å². The minimum Gasteiger partial charge on any atom is -0.391 e. The summed E-state index contributed by atoms with van der Waals surface area (Å²) in [5.74, 6) is 0. The van der Waals surface area contributed by atoms with Gasteiger partial charge in [-0.25, -0.2) is 13.1 Å². The van der Waals surface area contributed by atoms with E-state index < -0.39 is 26.7 Å². The highest BCUT2D eigenvalue weighted by atomic mass is 35.5. The number of nitrogens with zero attached hydrogens (tertiary/aromatic N) is 1. The Bertz CT molecular complexity index is 607. The van der Waals surface area contributed by atoms with Gasteiger partial charge in [0.15, 0.2) is 0 Å². The van der Waals surface area contributed by atoms with E-state index in [4.69, 9.17) is 16.3 Å². The molecule has 2 N–H and O–H groups in total. The van der Waals surface area contributed by atoms with E-state index in [-0.39, 0.29) is 29.5 Å². The van der Waals surface area contributed by atoms with Gasteiger partial charge in [-0.05, 0) is 18.6 Å². The summed E-state index contributed by atoms with van der Waals surface area (Å²) >= 11 is 5.62. The number of methoxy groups -OCH3 is 1. The molecule has 8 nitrogen and oxygen atoms in total. The van der Waals surface area contributed by atoms with Crippen molar-refractivity contribution in [2.24, 2.45) is 0 Å². The number of ether oxygens (including phenoxy) is 1. The number of nitro groups is 1. The molecule has 1 aromatic rings. The van der Waals surface area contributed by atoms with E-state index in [0.29, 0.717) is 0 Å². The summed E-state index contributed by atoms with van der Waals surface area (Å²) in [6, 6.07) is 3.20. The van der Waals surface area contributed by atoms with Crippen LogP contribution in [0.5, 0.6) is 0 Å². The van der Waals surface area contributed by atoms with Crippen LogP contribution in [-0.2, 0) is 14.8 Å². The van der Waals surface area contributed by atoms with Crippen molar-refractivity contribution in [3.63, 3.8) is 0 Å². The predicted molar refractivity (Wildman–Crippen MR) is 75.8 cm³/mol. The number of rotatable bonds is 8. The van der Waals surface area contributed by atoms with Crippen molar-refractivity contribution in [3.05, 3.63) is 33.3 Å². The van der Waals surface area contributed by atoms with Crippen LogP contribution in [0.3, 0.4) is 0 Å². The maximum absolute atomic E-state index is 12.0. The van der Waals surface area contributed by atoms with Crippen LogP contribution in [0.1, 0.15) is 6.42 Å². The fourth-order valence-corrected chi connectivity index (χ4v) is 2.77. The van der Waals surface area contributed by atoms with Crippen LogP contribution >= 0.6 is 11.6 Å². The Morgan fingerprint density at radius 1 is 1.52 bits per heavy atom. The maximum Gasteiger partial charge on any atom is 0.289 e. The van der Waals surface area contributed by atoms with Crippen LogP contribution in [0, 0.1) is 10.1 Å². The number of hydrogen-bond donors (Lipinski definition) is 2. The number of aliphatic hydroxyl groups excluding tert-OH is 1. The third-order valence-electron chi connectivity index (χ3n) is 2.55. The molecule has 0 aliphatic carbocycles. The molecule has 1 unspecified atom stereocenters. The van der Waals surface area contributed by atoms with Gasteiger partial charge in [-0.15, -0.1) is 0 Å². The first-order valence-electron chi connectivity index (χ1n) is 5.88. The molecule has 0 spiro atoms. The molecule has 0 bridgehead atoms. The van der Waals surface area contributed by atoms with E-state index in [0.717, 1.165) is 12.1 Å². The lowest BCUT2D eigenvalue weighted by Gasteiger charge is -2.10. The Morgan fingerprint density at radius 3 is 2.76 bits per heavy atom. The van der Waals surface area contributed by atoms with E-state index in [2.05, 4.69) is 4.72 Å². The Kier molecular flexibility index (Phi) is 6.49. The first kappa shape index (κ1) is 17.8. The zero-order valence-corrected chi connectivity index (χ0v) is 12.7. The molecule has 0 amide bonds. The molecule has 0 aliphatic heterocycles. The molecular formula is C11H15ClN2O6S. The SMILES string of the molecule is COCC(O)CCNS(=O)(=O)c1ccc(Cl)c([N+](=O)[O-])c1. The molecule has 0 heterocycles. The Labute approximate surface area is 126 Å². The van der Waals surface area contributed by atoms with Crippen LogP contribution < -0.4 is 4.72 Å². The average molecular weight is 339 g/mol. The topological polar surface area (TPSA) is 119 Å². The summed E-state index contributed by atoms with van der Waals surface area (Å²) in [6.45, 7) is 0.0669. The number of benzene rings is 1. The van der Waals surface area contributed by atoms with Crippen molar-refractivity contribution >= 4 is 27.3 Å². The summed E-state index contributed by atoms with van der Waals surface area (Å²) in [7, 11) is -2.49. The zero-order valence-electron chi connectivity index (χ0n) is 11.2. The van der Waals surface area contributed by atoms with E-state index >= 15 is 0 Å². The standard InChI is InChI=1S/C11H15ClN2O6S/c1-20-7-8(15)4-5-13-21(18,19)9-2-3-10(12)11(6-9)14(16)17/h2-3,6,8,13,15H,4-5,7H2,1H3. The van der Waals surface area contributed by atoms with Crippen LogP contribution in [0.15, 0.2) is 23.1 Å². The first-order chi connectivity index (χ1) is 9.77. The van der Waals surface area contributed by atoms with Gasteiger partial charge in [-0.3, -0.25) is 10.1 Å². The lowest BCUT2D eigenvalue weighted by atomic mass is 10.3. The molecule has 1 atom stereocenters. The molecule has 21 heavy (non-hydrogen) atoms. The average Bonchev–Trinajstić information content (AvgIpc) is 2.38. The lowest BCUT2D eigenvalue weighted by molar-refractivity contribution is -0.384. The highest BCUT2D eigenvalue weighted by Gasteiger charge is 2.20.